The average molecular weight is 373 g/mol. The Balaban J connectivity index is 1.41. The Morgan fingerprint density at radius 3 is 2.63 bits per heavy atom. The molecule has 148 valence electrons. The lowest BCUT2D eigenvalue weighted by atomic mass is 9.85. The van der Waals surface area contributed by atoms with Gasteiger partial charge in [-0.1, -0.05) is 24.6 Å². The zero-order chi connectivity index (χ0) is 19.1. The van der Waals surface area contributed by atoms with E-state index in [1.807, 2.05) is 37.3 Å². The molecule has 3 atom stereocenters. The molecule has 2 aliphatic rings. The van der Waals surface area contributed by atoms with E-state index in [1.165, 1.54) is 0 Å². The van der Waals surface area contributed by atoms with Crippen molar-refractivity contribution in [3.8, 4) is 5.75 Å². The van der Waals surface area contributed by atoms with Crippen LogP contribution in [0, 0.1) is 5.92 Å². The van der Waals surface area contributed by atoms with E-state index in [4.69, 9.17) is 4.74 Å². The molecule has 3 unspecified atom stereocenters. The lowest BCUT2D eigenvalue weighted by Gasteiger charge is -2.30. The van der Waals surface area contributed by atoms with Crippen LogP contribution in [0.4, 0.5) is 0 Å². The number of amides is 1. The molecule has 0 radical (unpaired) electrons. The number of hydrogen-bond acceptors (Lipinski definition) is 3. The zero-order valence-corrected chi connectivity index (χ0v) is 16.4. The average Bonchev–Trinajstić information content (AvgIpc) is 3.50. The number of para-hydroxylation sites is 1. The Morgan fingerprint density at radius 1 is 1.15 bits per heavy atom. The Morgan fingerprint density at radius 2 is 1.93 bits per heavy atom. The number of ether oxygens (including phenoxy) is 1. The SMILES string of the molecule is CN=C(NCC(C)Oc1ccccc1)NC1CCCC(C(=O)NC2CC2)C1. The lowest BCUT2D eigenvalue weighted by molar-refractivity contribution is -0.126. The van der Waals surface area contributed by atoms with Crippen LogP contribution in [0.2, 0.25) is 0 Å². The molecule has 1 aromatic rings. The van der Waals surface area contributed by atoms with Gasteiger partial charge in [0.1, 0.15) is 11.9 Å². The molecule has 0 saturated heterocycles. The second-order valence-electron chi connectivity index (χ2n) is 7.68. The van der Waals surface area contributed by atoms with Crippen LogP contribution in [-0.2, 0) is 4.79 Å². The molecule has 3 rings (SSSR count). The first-order chi connectivity index (χ1) is 13.1. The van der Waals surface area contributed by atoms with Crippen LogP contribution in [0.15, 0.2) is 35.3 Å². The summed E-state index contributed by atoms with van der Waals surface area (Å²) in [5, 5.41) is 9.96. The highest BCUT2D eigenvalue weighted by Gasteiger charge is 2.31. The topological polar surface area (TPSA) is 74.8 Å². The maximum Gasteiger partial charge on any atom is 0.223 e. The second-order valence-corrected chi connectivity index (χ2v) is 7.68. The van der Waals surface area contributed by atoms with E-state index < -0.39 is 0 Å². The van der Waals surface area contributed by atoms with Crippen molar-refractivity contribution in [1.29, 1.82) is 0 Å². The van der Waals surface area contributed by atoms with Gasteiger partial charge >= 0.3 is 0 Å². The zero-order valence-electron chi connectivity index (χ0n) is 16.4. The largest absolute Gasteiger partial charge is 0.489 e. The highest BCUT2D eigenvalue weighted by Crippen LogP contribution is 2.26. The summed E-state index contributed by atoms with van der Waals surface area (Å²) < 4.78 is 5.89. The number of nitrogens with zero attached hydrogens (tertiary/aromatic N) is 1. The van der Waals surface area contributed by atoms with Crippen LogP contribution in [-0.4, -0.2) is 43.6 Å². The van der Waals surface area contributed by atoms with Crippen molar-refractivity contribution in [2.75, 3.05) is 13.6 Å². The van der Waals surface area contributed by atoms with E-state index in [1.54, 1.807) is 7.05 Å². The summed E-state index contributed by atoms with van der Waals surface area (Å²) in [5.41, 5.74) is 0. The first-order valence-corrected chi connectivity index (χ1v) is 10.1. The summed E-state index contributed by atoms with van der Waals surface area (Å²) in [6, 6.07) is 10.5. The number of hydrogen-bond donors (Lipinski definition) is 3. The summed E-state index contributed by atoms with van der Waals surface area (Å²) in [7, 11) is 1.78. The molecule has 27 heavy (non-hydrogen) atoms. The Labute approximate surface area is 162 Å². The van der Waals surface area contributed by atoms with Crippen molar-refractivity contribution < 1.29 is 9.53 Å². The van der Waals surface area contributed by atoms with Crippen molar-refractivity contribution in [2.24, 2.45) is 10.9 Å². The summed E-state index contributed by atoms with van der Waals surface area (Å²) in [6.45, 7) is 2.69. The van der Waals surface area contributed by atoms with Gasteiger partial charge in [-0.05, 0) is 51.2 Å². The van der Waals surface area contributed by atoms with Crippen LogP contribution in [0.1, 0.15) is 45.4 Å². The van der Waals surface area contributed by atoms with E-state index >= 15 is 0 Å². The van der Waals surface area contributed by atoms with Gasteiger partial charge in [0.25, 0.3) is 0 Å². The maximum absolute atomic E-state index is 12.3. The van der Waals surface area contributed by atoms with E-state index in [-0.39, 0.29) is 24.0 Å². The third-order valence-electron chi connectivity index (χ3n) is 5.17. The maximum atomic E-state index is 12.3. The van der Waals surface area contributed by atoms with Crippen LogP contribution in [0.3, 0.4) is 0 Å². The van der Waals surface area contributed by atoms with Crippen LogP contribution in [0.25, 0.3) is 0 Å². The number of aliphatic imine (C=N–C) groups is 1. The van der Waals surface area contributed by atoms with Crippen molar-refractivity contribution in [3.05, 3.63) is 30.3 Å². The molecule has 2 aliphatic carbocycles. The molecular formula is C21H32N4O2. The van der Waals surface area contributed by atoms with Gasteiger partial charge in [-0.15, -0.1) is 0 Å². The minimum absolute atomic E-state index is 0.0226. The smallest absolute Gasteiger partial charge is 0.223 e. The Bertz CT molecular complexity index is 630. The number of benzene rings is 1. The van der Waals surface area contributed by atoms with Crippen molar-refractivity contribution in [1.82, 2.24) is 16.0 Å². The van der Waals surface area contributed by atoms with Gasteiger partial charge in [-0.25, -0.2) is 0 Å². The molecule has 0 heterocycles. The first kappa shape index (κ1) is 19.5. The van der Waals surface area contributed by atoms with Crippen LogP contribution >= 0.6 is 0 Å². The van der Waals surface area contributed by atoms with Crippen molar-refractivity contribution in [2.45, 2.75) is 63.6 Å². The molecule has 0 spiro atoms. The number of nitrogens with one attached hydrogen (secondary N) is 3. The predicted molar refractivity (Wildman–Crippen MR) is 108 cm³/mol. The highest BCUT2D eigenvalue weighted by atomic mass is 16.5. The van der Waals surface area contributed by atoms with Crippen molar-refractivity contribution in [3.63, 3.8) is 0 Å². The summed E-state index contributed by atoms with van der Waals surface area (Å²) >= 11 is 0. The van der Waals surface area contributed by atoms with Crippen molar-refractivity contribution >= 4 is 11.9 Å². The lowest BCUT2D eigenvalue weighted by Crippen LogP contribution is -2.48. The third-order valence-corrected chi connectivity index (χ3v) is 5.17. The van der Waals surface area contributed by atoms with E-state index in [0.717, 1.165) is 50.2 Å². The van der Waals surface area contributed by atoms with Gasteiger partial charge in [0, 0.05) is 25.0 Å². The quantitative estimate of drug-likeness (QED) is 0.508. The molecule has 0 aromatic heterocycles. The van der Waals surface area contributed by atoms with Gasteiger partial charge in [0.15, 0.2) is 5.96 Å². The monoisotopic (exact) mass is 372 g/mol. The fourth-order valence-corrected chi connectivity index (χ4v) is 3.51. The summed E-state index contributed by atoms with van der Waals surface area (Å²) in [6.07, 6.45) is 6.31. The fraction of sp³-hybridized carbons (Fsp3) is 0.619. The number of carbonyl (C=O) groups is 1. The molecule has 1 aromatic carbocycles. The number of carbonyl (C=O) groups excluding carboxylic acids is 1. The second kappa shape index (κ2) is 9.62. The van der Waals surface area contributed by atoms with Gasteiger partial charge < -0.3 is 20.7 Å². The van der Waals surface area contributed by atoms with Gasteiger partial charge in [-0.3, -0.25) is 9.79 Å². The minimum atomic E-state index is 0.0226. The fourth-order valence-electron chi connectivity index (χ4n) is 3.51. The van der Waals surface area contributed by atoms with E-state index in [9.17, 15) is 4.79 Å². The van der Waals surface area contributed by atoms with Gasteiger partial charge in [-0.2, -0.15) is 0 Å². The molecule has 2 saturated carbocycles. The third kappa shape index (κ3) is 6.45. The standard InChI is InChI=1S/C21H32N4O2/c1-15(27-19-9-4-3-5-10-19)14-23-21(22-2)25-18-8-6-7-16(13-18)20(26)24-17-11-12-17/h3-5,9-10,15-18H,6-8,11-14H2,1-2H3,(H,24,26)(H2,22,23,25). The molecule has 2 fully saturated rings. The summed E-state index contributed by atoms with van der Waals surface area (Å²) in [4.78, 5) is 16.7. The number of guanidine groups is 1. The van der Waals surface area contributed by atoms with E-state index in [2.05, 4.69) is 20.9 Å². The predicted octanol–water partition coefficient (Wildman–Crippen LogP) is 2.46. The molecular weight excluding hydrogens is 340 g/mol. The van der Waals surface area contributed by atoms with Gasteiger partial charge in [0.05, 0.1) is 6.54 Å². The molecule has 6 heteroatoms. The minimum Gasteiger partial charge on any atom is -0.489 e. The normalized spacial score (nSPS) is 24.0. The highest BCUT2D eigenvalue weighted by molar-refractivity contribution is 5.81. The molecule has 0 bridgehead atoms. The summed E-state index contributed by atoms with van der Waals surface area (Å²) in [5.74, 6) is 1.99. The van der Waals surface area contributed by atoms with E-state index in [0.29, 0.717) is 12.6 Å². The Kier molecular flexibility index (Phi) is 6.96. The van der Waals surface area contributed by atoms with Gasteiger partial charge in [0.2, 0.25) is 5.91 Å². The van der Waals surface area contributed by atoms with Crippen LogP contribution < -0.4 is 20.7 Å². The molecule has 6 nitrogen and oxygen atoms in total. The molecule has 3 N–H and O–H groups in total. The Hall–Kier alpha value is -2.24. The first-order valence-electron chi connectivity index (χ1n) is 10.1. The number of rotatable bonds is 7. The molecule has 1 amide bonds. The van der Waals surface area contributed by atoms with Crippen LogP contribution in [0.5, 0.6) is 5.75 Å². The molecule has 0 aliphatic heterocycles.